The van der Waals surface area contributed by atoms with Gasteiger partial charge in [-0.3, -0.25) is 9.52 Å². The van der Waals surface area contributed by atoms with Gasteiger partial charge in [0.05, 0.1) is 16.1 Å². The van der Waals surface area contributed by atoms with Crippen LogP contribution in [0.2, 0.25) is 0 Å². The first-order valence-corrected chi connectivity index (χ1v) is 9.95. The fraction of sp³-hybridized carbons (Fsp3) is 0.0952. The van der Waals surface area contributed by atoms with Gasteiger partial charge in [-0.1, -0.05) is 54.6 Å². The zero-order chi connectivity index (χ0) is 19.3. The molecule has 6 heteroatoms. The van der Waals surface area contributed by atoms with Gasteiger partial charge < -0.3 is 5.32 Å². The molecule has 3 aromatic rings. The minimum Gasteiger partial charge on any atom is -0.348 e. The summed E-state index contributed by atoms with van der Waals surface area (Å²) in [6, 6.07) is 22.4. The average Bonchev–Trinajstić information content (AvgIpc) is 2.68. The summed E-state index contributed by atoms with van der Waals surface area (Å²) in [6.45, 7) is 2.34. The number of aryl methyl sites for hydroxylation is 1. The molecule has 3 rings (SSSR count). The predicted molar refractivity (Wildman–Crippen MR) is 106 cm³/mol. The molecule has 0 saturated carbocycles. The summed E-state index contributed by atoms with van der Waals surface area (Å²) in [4.78, 5) is 12.8. The number of hydrogen-bond donors (Lipinski definition) is 2. The van der Waals surface area contributed by atoms with Gasteiger partial charge in [0, 0.05) is 6.54 Å². The van der Waals surface area contributed by atoms with Crippen LogP contribution >= 0.6 is 0 Å². The quantitative estimate of drug-likeness (QED) is 0.684. The highest BCUT2D eigenvalue weighted by molar-refractivity contribution is 7.92. The maximum absolute atomic E-state index is 12.6. The molecule has 5 nitrogen and oxygen atoms in total. The maximum Gasteiger partial charge on any atom is 0.261 e. The zero-order valence-electron chi connectivity index (χ0n) is 14.8. The van der Waals surface area contributed by atoms with E-state index >= 15 is 0 Å². The zero-order valence-corrected chi connectivity index (χ0v) is 15.7. The van der Waals surface area contributed by atoms with Crippen molar-refractivity contribution < 1.29 is 13.2 Å². The molecule has 0 saturated heterocycles. The van der Waals surface area contributed by atoms with E-state index < -0.39 is 10.0 Å². The number of hydrogen-bond acceptors (Lipinski definition) is 3. The van der Waals surface area contributed by atoms with E-state index in [1.807, 2.05) is 31.2 Å². The van der Waals surface area contributed by atoms with Crippen LogP contribution in [-0.2, 0) is 16.6 Å². The highest BCUT2D eigenvalue weighted by atomic mass is 32.2. The highest BCUT2D eigenvalue weighted by Crippen LogP contribution is 2.20. The molecule has 0 radical (unpaired) electrons. The molecule has 138 valence electrons. The minimum atomic E-state index is -3.77. The number of anilines is 1. The number of rotatable bonds is 6. The van der Waals surface area contributed by atoms with Crippen LogP contribution in [0.1, 0.15) is 21.5 Å². The van der Waals surface area contributed by atoms with Crippen LogP contribution in [-0.4, -0.2) is 14.3 Å². The lowest BCUT2D eigenvalue weighted by atomic mass is 10.1. The Morgan fingerprint density at radius 1 is 0.852 bits per heavy atom. The van der Waals surface area contributed by atoms with E-state index in [0.717, 1.165) is 11.1 Å². The van der Waals surface area contributed by atoms with Crippen molar-refractivity contribution in [1.29, 1.82) is 0 Å². The molecular formula is C21H20N2O3S. The molecule has 0 aromatic heterocycles. The molecule has 0 aliphatic heterocycles. The van der Waals surface area contributed by atoms with Crippen LogP contribution in [0.25, 0.3) is 0 Å². The first kappa shape index (κ1) is 18.7. The second-order valence-corrected chi connectivity index (χ2v) is 7.76. The van der Waals surface area contributed by atoms with Gasteiger partial charge in [-0.05, 0) is 42.3 Å². The molecular weight excluding hydrogens is 360 g/mol. The van der Waals surface area contributed by atoms with E-state index in [-0.39, 0.29) is 22.1 Å². The lowest BCUT2D eigenvalue weighted by Gasteiger charge is -2.13. The van der Waals surface area contributed by atoms with Crippen LogP contribution in [0.5, 0.6) is 0 Å². The maximum atomic E-state index is 12.6. The van der Waals surface area contributed by atoms with Crippen molar-refractivity contribution in [2.24, 2.45) is 0 Å². The van der Waals surface area contributed by atoms with Gasteiger partial charge in [-0.15, -0.1) is 0 Å². The molecule has 0 bridgehead atoms. The standard InChI is InChI=1S/C21H20N2O3S/c1-16-9-5-6-10-17(16)15-22-21(24)19-13-7-8-14-20(19)23-27(25,26)18-11-3-2-4-12-18/h2-14,23H,15H2,1H3,(H,22,24). The molecule has 0 heterocycles. The van der Waals surface area contributed by atoms with E-state index in [9.17, 15) is 13.2 Å². The van der Waals surface area contributed by atoms with Crippen molar-refractivity contribution in [3.8, 4) is 0 Å². The number of nitrogens with one attached hydrogen (secondary N) is 2. The second kappa shape index (κ2) is 8.05. The Labute approximate surface area is 159 Å². The molecule has 0 aliphatic carbocycles. The molecule has 0 aliphatic rings. The Hall–Kier alpha value is -3.12. The van der Waals surface area contributed by atoms with Crippen LogP contribution in [0, 0.1) is 6.92 Å². The normalized spacial score (nSPS) is 11.0. The third kappa shape index (κ3) is 4.54. The fourth-order valence-electron chi connectivity index (χ4n) is 2.65. The van der Waals surface area contributed by atoms with E-state index in [0.29, 0.717) is 6.54 Å². The molecule has 0 atom stereocenters. The van der Waals surface area contributed by atoms with Crippen molar-refractivity contribution >= 4 is 21.6 Å². The van der Waals surface area contributed by atoms with Crippen LogP contribution in [0.3, 0.4) is 0 Å². The molecule has 0 fully saturated rings. The third-order valence-electron chi connectivity index (χ3n) is 4.17. The summed E-state index contributed by atoms with van der Waals surface area (Å²) >= 11 is 0. The monoisotopic (exact) mass is 380 g/mol. The van der Waals surface area contributed by atoms with E-state index in [1.165, 1.54) is 12.1 Å². The van der Waals surface area contributed by atoms with E-state index in [4.69, 9.17) is 0 Å². The van der Waals surface area contributed by atoms with Crippen LogP contribution in [0.4, 0.5) is 5.69 Å². The lowest BCUT2D eigenvalue weighted by molar-refractivity contribution is 0.0952. The van der Waals surface area contributed by atoms with Crippen molar-refractivity contribution in [1.82, 2.24) is 5.32 Å². The third-order valence-corrected chi connectivity index (χ3v) is 5.55. The molecule has 0 spiro atoms. The van der Waals surface area contributed by atoms with Gasteiger partial charge in [0.25, 0.3) is 15.9 Å². The number of sulfonamides is 1. The van der Waals surface area contributed by atoms with E-state index in [1.54, 1.807) is 42.5 Å². The van der Waals surface area contributed by atoms with Crippen LogP contribution in [0.15, 0.2) is 83.8 Å². The summed E-state index contributed by atoms with van der Waals surface area (Å²) in [6.07, 6.45) is 0. The summed E-state index contributed by atoms with van der Waals surface area (Å²) in [7, 11) is -3.77. The molecule has 2 N–H and O–H groups in total. The van der Waals surface area contributed by atoms with Gasteiger partial charge in [0.2, 0.25) is 0 Å². The summed E-state index contributed by atoms with van der Waals surface area (Å²) in [5.74, 6) is -0.343. The highest BCUT2D eigenvalue weighted by Gasteiger charge is 2.18. The number of benzene rings is 3. The molecule has 3 aromatic carbocycles. The minimum absolute atomic E-state index is 0.139. The van der Waals surface area contributed by atoms with Gasteiger partial charge in [0.15, 0.2) is 0 Å². The molecule has 27 heavy (non-hydrogen) atoms. The first-order valence-electron chi connectivity index (χ1n) is 8.47. The Kier molecular flexibility index (Phi) is 5.57. The Bertz CT molecular complexity index is 1050. The topological polar surface area (TPSA) is 75.3 Å². The average molecular weight is 380 g/mol. The Balaban J connectivity index is 1.79. The summed E-state index contributed by atoms with van der Waals surface area (Å²) < 4.78 is 27.6. The molecule has 1 amide bonds. The fourth-order valence-corrected chi connectivity index (χ4v) is 3.75. The number of amides is 1. The summed E-state index contributed by atoms with van der Waals surface area (Å²) in [5.41, 5.74) is 2.60. The lowest BCUT2D eigenvalue weighted by Crippen LogP contribution is -2.25. The largest absolute Gasteiger partial charge is 0.348 e. The summed E-state index contributed by atoms with van der Waals surface area (Å²) in [5, 5.41) is 2.85. The van der Waals surface area contributed by atoms with Crippen molar-refractivity contribution in [2.45, 2.75) is 18.4 Å². The van der Waals surface area contributed by atoms with Crippen molar-refractivity contribution in [3.63, 3.8) is 0 Å². The second-order valence-electron chi connectivity index (χ2n) is 6.07. The van der Waals surface area contributed by atoms with Crippen LogP contribution < -0.4 is 10.0 Å². The van der Waals surface area contributed by atoms with Crippen molar-refractivity contribution in [2.75, 3.05) is 4.72 Å². The van der Waals surface area contributed by atoms with Gasteiger partial charge in [-0.25, -0.2) is 8.42 Å². The van der Waals surface area contributed by atoms with Gasteiger partial charge in [0.1, 0.15) is 0 Å². The Morgan fingerprint density at radius 2 is 1.48 bits per heavy atom. The SMILES string of the molecule is Cc1ccccc1CNC(=O)c1ccccc1NS(=O)(=O)c1ccccc1. The van der Waals surface area contributed by atoms with Gasteiger partial charge >= 0.3 is 0 Å². The predicted octanol–water partition coefficient (Wildman–Crippen LogP) is 3.73. The first-order chi connectivity index (χ1) is 13.0. The van der Waals surface area contributed by atoms with Crippen molar-refractivity contribution in [3.05, 3.63) is 95.6 Å². The molecule has 0 unspecified atom stereocenters. The number of carbonyl (C=O) groups is 1. The smallest absolute Gasteiger partial charge is 0.261 e. The van der Waals surface area contributed by atoms with Gasteiger partial charge in [-0.2, -0.15) is 0 Å². The number of carbonyl (C=O) groups excluding carboxylic acids is 1. The Morgan fingerprint density at radius 3 is 2.22 bits per heavy atom. The number of para-hydroxylation sites is 1. The van der Waals surface area contributed by atoms with E-state index in [2.05, 4.69) is 10.0 Å².